The average molecular weight is 285 g/mol. The topological polar surface area (TPSA) is 0 Å². The average Bonchev–Trinajstić information content (AvgIpc) is 1.69. The van der Waals surface area contributed by atoms with Gasteiger partial charge in [0.25, 0.3) is 0 Å². The molecule has 0 aliphatic rings. The molecule has 0 heterocycles. The summed E-state index contributed by atoms with van der Waals surface area (Å²) in [7, 11) is 0. The Kier molecular flexibility index (Phi) is 85.3. The minimum atomic E-state index is 0. The number of hydrogen-bond acceptors (Lipinski definition) is 0. The Morgan fingerprint density at radius 2 is 1.00 bits per heavy atom. The van der Waals surface area contributed by atoms with Crippen LogP contribution in [0.15, 0.2) is 0 Å². The Balaban J connectivity index is -0.0000000300. The van der Waals surface area contributed by atoms with Gasteiger partial charge in [0.05, 0.1) is 0 Å². The number of halogens is 4. The van der Waals surface area contributed by atoms with Gasteiger partial charge < -0.3 is 0 Å². The maximum atomic E-state index is 2.29. The molecule has 0 fully saturated rings. The van der Waals surface area contributed by atoms with Crippen molar-refractivity contribution in [2.24, 2.45) is 0 Å². The molecule has 0 atom stereocenters. The van der Waals surface area contributed by atoms with E-state index in [-0.39, 0.29) is 40.0 Å². The van der Waals surface area contributed by atoms with Crippen LogP contribution < -0.4 is 0 Å². The second-order valence-electron chi connectivity index (χ2n) is 1.75. The fourth-order valence-electron chi connectivity index (χ4n) is 0.479. The molecule has 0 aromatic heterocycles. The molecular formula is C6H18F4Sn. The summed E-state index contributed by atoms with van der Waals surface area (Å²) in [6.45, 7) is 4.58. The SMILES string of the molecule is CC[CH2][Sn][CH2]CC.F.F.F.F. The van der Waals surface area contributed by atoms with E-state index < -0.39 is 0 Å². The van der Waals surface area contributed by atoms with Gasteiger partial charge in [0.2, 0.25) is 0 Å². The van der Waals surface area contributed by atoms with Gasteiger partial charge >= 0.3 is 56.7 Å². The Hall–Kier alpha value is 0.519. The molecule has 0 saturated carbocycles. The van der Waals surface area contributed by atoms with Crippen LogP contribution in [0.1, 0.15) is 26.7 Å². The van der Waals surface area contributed by atoms with Crippen molar-refractivity contribution >= 4 is 21.1 Å². The van der Waals surface area contributed by atoms with E-state index in [9.17, 15) is 0 Å². The molecule has 0 unspecified atom stereocenters. The van der Waals surface area contributed by atoms with E-state index in [4.69, 9.17) is 0 Å². The van der Waals surface area contributed by atoms with E-state index >= 15 is 0 Å². The molecule has 0 nitrogen and oxygen atoms in total. The second kappa shape index (κ2) is 31.3. The van der Waals surface area contributed by atoms with Crippen molar-refractivity contribution in [1.29, 1.82) is 0 Å². The van der Waals surface area contributed by atoms with E-state index in [0.717, 1.165) is 0 Å². The van der Waals surface area contributed by atoms with E-state index in [1.807, 2.05) is 0 Å². The van der Waals surface area contributed by atoms with Crippen LogP contribution in [-0.2, 0) is 0 Å². The van der Waals surface area contributed by atoms with Crippen molar-refractivity contribution in [3.05, 3.63) is 0 Å². The van der Waals surface area contributed by atoms with Gasteiger partial charge in [0.15, 0.2) is 0 Å². The van der Waals surface area contributed by atoms with E-state index in [2.05, 4.69) is 13.8 Å². The molecule has 0 aliphatic carbocycles. The monoisotopic (exact) mass is 286 g/mol. The summed E-state index contributed by atoms with van der Waals surface area (Å²) in [5.74, 6) is 0. The predicted octanol–water partition coefficient (Wildman–Crippen LogP) is 2.96. The second-order valence-corrected chi connectivity index (χ2v) is 6.03. The first-order chi connectivity index (χ1) is 3.41. The molecule has 0 spiro atoms. The molecule has 11 heavy (non-hydrogen) atoms. The van der Waals surface area contributed by atoms with Crippen LogP contribution in [0.2, 0.25) is 8.87 Å². The first kappa shape index (κ1) is 30.0. The number of hydrogen-bond donors (Lipinski definition) is 0. The fraction of sp³-hybridized carbons (Fsp3) is 1.00. The van der Waals surface area contributed by atoms with Gasteiger partial charge in [-0.3, -0.25) is 18.8 Å². The third-order valence-electron chi connectivity index (χ3n) is 0.854. The molecule has 0 saturated heterocycles. The van der Waals surface area contributed by atoms with Crippen molar-refractivity contribution in [3.8, 4) is 0 Å². The van der Waals surface area contributed by atoms with Gasteiger partial charge in [-0.2, -0.15) is 0 Å². The molecule has 5 heteroatoms. The third-order valence-corrected chi connectivity index (χ3v) is 5.73. The third kappa shape index (κ3) is 37.4. The van der Waals surface area contributed by atoms with Gasteiger partial charge in [-0.1, -0.05) is 0 Å². The van der Waals surface area contributed by atoms with Crippen molar-refractivity contribution in [2.45, 2.75) is 35.6 Å². The first-order valence-electron chi connectivity index (χ1n) is 3.12. The normalized spacial score (nSPS) is 6.00. The van der Waals surface area contributed by atoms with Crippen molar-refractivity contribution in [3.63, 3.8) is 0 Å². The van der Waals surface area contributed by atoms with Crippen molar-refractivity contribution in [2.75, 3.05) is 0 Å². The van der Waals surface area contributed by atoms with E-state index in [1.165, 1.54) is 12.8 Å². The minimum absolute atomic E-state index is 0. The summed E-state index contributed by atoms with van der Waals surface area (Å²) in [5.41, 5.74) is 0. The van der Waals surface area contributed by atoms with Gasteiger partial charge in [-0.15, -0.1) is 0 Å². The molecule has 0 bridgehead atoms. The first-order valence-corrected chi connectivity index (χ1v) is 7.16. The molecule has 0 rings (SSSR count). The summed E-state index contributed by atoms with van der Waals surface area (Å²) in [5, 5.41) is 0. The Labute approximate surface area is 75.8 Å². The molecule has 2 radical (unpaired) electrons. The molecule has 74 valence electrons. The summed E-state index contributed by atoms with van der Waals surface area (Å²) in [6, 6.07) is 0. The van der Waals surface area contributed by atoms with E-state index in [1.54, 1.807) is 8.87 Å². The quantitative estimate of drug-likeness (QED) is 0.423. The Bertz CT molecular complexity index is 33.8. The summed E-state index contributed by atoms with van der Waals surface area (Å²) < 4.78 is 3.19. The maximum Gasteiger partial charge on any atom is -0.269 e. The summed E-state index contributed by atoms with van der Waals surface area (Å²) in [4.78, 5) is 0. The summed E-state index contributed by atoms with van der Waals surface area (Å²) in [6.07, 6.45) is 2.87. The Morgan fingerprint density at radius 1 is 0.727 bits per heavy atom. The van der Waals surface area contributed by atoms with Crippen LogP contribution in [0, 0.1) is 0 Å². The predicted molar refractivity (Wildman–Crippen MR) is 46.0 cm³/mol. The van der Waals surface area contributed by atoms with Crippen LogP contribution in [0.3, 0.4) is 0 Å². The molecule has 0 aromatic rings. The molecule has 0 N–H and O–H groups in total. The van der Waals surface area contributed by atoms with Gasteiger partial charge in [0, 0.05) is 0 Å². The van der Waals surface area contributed by atoms with Crippen LogP contribution in [0.25, 0.3) is 0 Å². The van der Waals surface area contributed by atoms with Crippen LogP contribution in [0.5, 0.6) is 0 Å². The molecular weight excluding hydrogens is 267 g/mol. The van der Waals surface area contributed by atoms with Crippen LogP contribution in [-0.4, -0.2) is 21.1 Å². The van der Waals surface area contributed by atoms with Crippen molar-refractivity contribution in [1.82, 2.24) is 0 Å². The van der Waals surface area contributed by atoms with Gasteiger partial charge in [0.1, 0.15) is 0 Å². The zero-order valence-corrected chi connectivity index (χ0v) is 9.82. The van der Waals surface area contributed by atoms with Gasteiger partial charge in [-0.25, -0.2) is 0 Å². The zero-order chi connectivity index (χ0) is 5.54. The standard InChI is InChI=1S/2C3H7.4FH.Sn/c2*1-3-2;;;;;/h2*1,3H2,2H3;4*1H;. The summed E-state index contributed by atoms with van der Waals surface area (Å²) >= 11 is 0.181. The minimum Gasteiger partial charge on any atom is -0.269 e. The van der Waals surface area contributed by atoms with E-state index in [0.29, 0.717) is 0 Å². The van der Waals surface area contributed by atoms with Crippen molar-refractivity contribution < 1.29 is 18.8 Å². The molecule has 0 aromatic carbocycles. The fourth-order valence-corrected chi connectivity index (χ4v) is 3.21. The van der Waals surface area contributed by atoms with Crippen LogP contribution >= 0.6 is 0 Å². The number of rotatable bonds is 4. The van der Waals surface area contributed by atoms with Crippen LogP contribution in [0.4, 0.5) is 18.8 Å². The Morgan fingerprint density at radius 3 is 1.18 bits per heavy atom. The van der Waals surface area contributed by atoms with Gasteiger partial charge in [-0.05, 0) is 0 Å². The largest absolute Gasteiger partial charge is 0.269 e. The zero-order valence-electron chi connectivity index (χ0n) is 6.96. The smallest absolute Gasteiger partial charge is 0.269 e. The molecule has 0 aliphatic heterocycles. The maximum absolute atomic E-state index is 2.29. The molecule has 0 amide bonds.